The molecule has 1 aliphatic heterocycles. The topological polar surface area (TPSA) is 154 Å². The van der Waals surface area contributed by atoms with Crippen LogP contribution >= 0.6 is 7.37 Å². The molecule has 232 valence electrons. The molecule has 2 aliphatic rings. The molecule has 10 nitrogen and oxygen atoms in total. The number of aliphatic carboxylic acids is 1. The van der Waals surface area contributed by atoms with Crippen LogP contribution in [0.1, 0.15) is 48.3 Å². The summed E-state index contributed by atoms with van der Waals surface area (Å²) in [4.78, 5) is 50.3. The van der Waals surface area contributed by atoms with E-state index in [0.717, 1.165) is 22.4 Å². The van der Waals surface area contributed by atoms with Gasteiger partial charge in [0.15, 0.2) is 0 Å². The van der Waals surface area contributed by atoms with Crippen molar-refractivity contribution in [3.05, 3.63) is 102 Å². The van der Waals surface area contributed by atoms with Gasteiger partial charge in [0.05, 0.1) is 0 Å². The van der Waals surface area contributed by atoms with Gasteiger partial charge in [-0.2, -0.15) is 0 Å². The monoisotopic (exact) mass is 619 g/mol. The Bertz CT molecular complexity index is 1500. The summed E-state index contributed by atoms with van der Waals surface area (Å²) in [6.45, 7) is 0.552. The number of anilines is 1. The Kier molecular flexibility index (Phi) is 10.0. The molecule has 1 fully saturated rings. The molecule has 0 saturated heterocycles. The number of para-hydroxylation sites is 1. The first-order valence-corrected chi connectivity index (χ1v) is 16.7. The Balaban J connectivity index is 1.29. The predicted octanol–water partition coefficient (Wildman–Crippen LogP) is 5.09. The third kappa shape index (κ3) is 7.49. The highest BCUT2D eigenvalue weighted by Crippen LogP contribution is 2.58. The van der Waals surface area contributed by atoms with Gasteiger partial charge in [-0.15, -0.1) is 0 Å². The lowest BCUT2D eigenvalue weighted by atomic mass is 9.93. The SMILES string of the molecule is O=C(NC(Cc1ccccc1)P(=O)(O)C1CCCC1C(=O)NC(CC1CNc2ccccc21)C(=O)O)OCc1ccccc1. The van der Waals surface area contributed by atoms with Gasteiger partial charge in [0, 0.05) is 36.1 Å². The van der Waals surface area contributed by atoms with Crippen LogP contribution in [-0.2, 0) is 31.9 Å². The van der Waals surface area contributed by atoms with Crippen LogP contribution in [0.25, 0.3) is 0 Å². The summed E-state index contributed by atoms with van der Waals surface area (Å²) in [5.41, 5.74) is 2.51. The van der Waals surface area contributed by atoms with E-state index in [9.17, 15) is 28.9 Å². The molecule has 1 saturated carbocycles. The van der Waals surface area contributed by atoms with Crippen molar-refractivity contribution in [2.24, 2.45) is 5.92 Å². The van der Waals surface area contributed by atoms with Crippen molar-refractivity contribution in [3.63, 3.8) is 0 Å². The Morgan fingerprint density at radius 1 is 0.909 bits per heavy atom. The minimum atomic E-state index is -4.25. The molecule has 1 heterocycles. The second-order valence-electron chi connectivity index (χ2n) is 11.5. The lowest BCUT2D eigenvalue weighted by Gasteiger charge is -2.31. The maximum atomic E-state index is 14.3. The Labute approximate surface area is 256 Å². The van der Waals surface area contributed by atoms with Crippen molar-refractivity contribution in [1.82, 2.24) is 10.6 Å². The number of nitrogens with one attached hydrogen (secondary N) is 3. The van der Waals surface area contributed by atoms with E-state index in [-0.39, 0.29) is 25.4 Å². The van der Waals surface area contributed by atoms with Crippen LogP contribution in [0.5, 0.6) is 0 Å². The molecule has 3 aromatic rings. The first kappa shape index (κ1) is 31.3. The summed E-state index contributed by atoms with van der Waals surface area (Å²) in [5.74, 6) is -3.89. The van der Waals surface area contributed by atoms with Crippen LogP contribution in [0.4, 0.5) is 10.5 Å². The molecule has 0 spiro atoms. The quantitative estimate of drug-likeness (QED) is 0.176. The van der Waals surface area contributed by atoms with E-state index >= 15 is 0 Å². The number of amides is 2. The number of hydrogen-bond acceptors (Lipinski definition) is 6. The first-order chi connectivity index (χ1) is 21.2. The normalized spacial score (nSPS) is 21.6. The molecule has 0 bridgehead atoms. The Morgan fingerprint density at radius 2 is 1.57 bits per heavy atom. The fourth-order valence-electron chi connectivity index (χ4n) is 6.28. The van der Waals surface area contributed by atoms with E-state index in [1.54, 1.807) is 36.4 Å². The van der Waals surface area contributed by atoms with Crippen LogP contribution in [0, 0.1) is 5.92 Å². The molecule has 5 N–H and O–H groups in total. The van der Waals surface area contributed by atoms with Gasteiger partial charge in [0.2, 0.25) is 13.3 Å². The maximum Gasteiger partial charge on any atom is 0.408 e. The Morgan fingerprint density at radius 3 is 2.27 bits per heavy atom. The molecule has 2 amide bonds. The number of ether oxygens (including phenoxy) is 1. The highest BCUT2D eigenvalue weighted by molar-refractivity contribution is 7.59. The zero-order chi connectivity index (χ0) is 31.1. The molecule has 0 radical (unpaired) electrons. The van der Waals surface area contributed by atoms with Crippen molar-refractivity contribution in [1.29, 1.82) is 0 Å². The first-order valence-electron chi connectivity index (χ1n) is 14.9. The van der Waals surface area contributed by atoms with Crippen LogP contribution in [0.2, 0.25) is 0 Å². The molecule has 6 atom stereocenters. The van der Waals surface area contributed by atoms with Gasteiger partial charge >= 0.3 is 12.1 Å². The number of carbonyl (C=O) groups is 3. The predicted molar refractivity (Wildman–Crippen MR) is 167 cm³/mol. The second kappa shape index (κ2) is 14.1. The molecular weight excluding hydrogens is 581 g/mol. The number of rotatable bonds is 12. The fraction of sp³-hybridized carbons (Fsp3) is 0.364. The number of hydrogen-bond donors (Lipinski definition) is 5. The average molecular weight is 620 g/mol. The number of fused-ring (bicyclic) bond motifs is 1. The van der Waals surface area contributed by atoms with Crippen LogP contribution in [0.15, 0.2) is 84.9 Å². The molecule has 6 unspecified atom stereocenters. The number of carboxylic acids is 1. The molecule has 0 aromatic heterocycles. The van der Waals surface area contributed by atoms with E-state index in [0.29, 0.717) is 25.8 Å². The standard InChI is InChI=1S/C33H38N3O7P/c37-31(35-28(32(38)39)19-24-20-34-27-16-8-7-14-25(24)27)26-15-9-17-29(26)44(41,42)30(18-22-10-3-1-4-11-22)36-33(40)43-21-23-12-5-2-6-13-23/h1-8,10-14,16,24,26,28-30,34H,9,15,17-21H2,(H,35,37)(H,36,40)(H,38,39)(H,41,42). The number of alkyl carbamates (subject to hydrolysis) is 1. The van der Waals surface area contributed by atoms with Crippen LogP contribution in [-0.4, -0.2) is 52.0 Å². The fourth-order valence-corrected chi connectivity index (χ4v) is 8.86. The van der Waals surface area contributed by atoms with Crippen molar-refractivity contribution in [2.75, 3.05) is 11.9 Å². The van der Waals surface area contributed by atoms with E-state index in [4.69, 9.17) is 4.74 Å². The van der Waals surface area contributed by atoms with Crippen LogP contribution < -0.4 is 16.0 Å². The van der Waals surface area contributed by atoms with Gasteiger partial charge in [0.1, 0.15) is 18.4 Å². The van der Waals surface area contributed by atoms with E-state index in [2.05, 4.69) is 16.0 Å². The Hall–Kier alpha value is -4.14. The van der Waals surface area contributed by atoms with E-state index in [1.165, 1.54) is 0 Å². The number of carboxylic acid groups (broad SMARTS) is 1. The van der Waals surface area contributed by atoms with Gasteiger partial charge in [-0.25, -0.2) is 9.59 Å². The van der Waals surface area contributed by atoms with Crippen molar-refractivity contribution in [3.8, 4) is 0 Å². The number of benzene rings is 3. The lowest BCUT2D eigenvalue weighted by molar-refractivity contribution is -0.142. The molecule has 3 aromatic carbocycles. The van der Waals surface area contributed by atoms with Crippen molar-refractivity contribution in [2.45, 2.75) is 62.1 Å². The van der Waals surface area contributed by atoms with Gasteiger partial charge in [-0.3, -0.25) is 9.36 Å². The molecule has 1 aliphatic carbocycles. The van der Waals surface area contributed by atoms with Crippen LogP contribution in [0.3, 0.4) is 0 Å². The zero-order valence-corrected chi connectivity index (χ0v) is 25.2. The van der Waals surface area contributed by atoms with Crippen molar-refractivity contribution < 1.29 is 33.7 Å². The third-order valence-electron chi connectivity index (χ3n) is 8.58. The van der Waals surface area contributed by atoms with Gasteiger partial charge in [-0.05, 0) is 42.0 Å². The van der Waals surface area contributed by atoms with Gasteiger partial charge in [-0.1, -0.05) is 85.3 Å². The minimum absolute atomic E-state index is 0.00745. The lowest BCUT2D eigenvalue weighted by Crippen LogP contribution is -2.47. The summed E-state index contributed by atoms with van der Waals surface area (Å²) >= 11 is 0. The number of carbonyl (C=O) groups excluding carboxylic acids is 2. The summed E-state index contributed by atoms with van der Waals surface area (Å²) in [6.07, 6.45) is 0.588. The molecular formula is C33H38N3O7P. The van der Waals surface area contributed by atoms with E-state index < -0.39 is 48.7 Å². The average Bonchev–Trinajstić information content (AvgIpc) is 3.69. The second-order valence-corrected chi connectivity index (χ2v) is 14.1. The summed E-state index contributed by atoms with van der Waals surface area (Å²) < 4.78 is 19.6. The minimum Gasteiger partial charge on any atom is -0.480 e. The summed E-state index contributed by atoms with van der Waals surface area (Å²) in [5, 5.41) is 18.6. The maximum absolute atomic E-state index is 14.3. The van der Waals surface area contributed by atoms with Gasteiger partial charge < -0.3 is 30.7 Å². The molecule has 44 heavy (non-hydrogen) atoms. The smallest absolute Gasteiger partial charge is 0.408 e. The zero-order valence-electron chi connectivity index (χ0n) is 24.3. The summed E-state index contributed by atoms with van der Waals surface area (Å²) in [7, 11) is -4.25. The largest absolute Gasteiger partial charge is 0.480 e. The van der Waals surface area contributed by atoms with Gasteiger partial charge in [0.25, 0.3) is 0 Å². The highest BCUT2D eigenvalue weighted by Gasteiger charge is 2.49. The van der Waals surface area contributed by atoms with Crippen molar-refractivity contribution >= 4 is 31.0 Å². The third-order valence-corrected chi connectivity index (χ3v) is 11.4. The highest BCUT2D eigenvalue weighted by atomic mass is 31.2. The molecule has 11 heteroatoms. The van der Waals surface area contributed by atoms with E-state index in [1.807, 2.05) is 48.5 Å². The summed E-state index contributed by atoms with van der Waals surface area (Å²) in [6, 6.07) is 24.7. The molecule has 5 rings (SSSR count).